The molecule has 0 saturated heterocycles. The van der Waals surface area contributed by atoms with E-state index >= 15 is 0 Å². The summed E-state index contributed by atoms with van der Waals surface area (Å²) >= 11 is 3.40. The van der Waals surface area contributed by atoms with Crippen LogP contribution in [-0.2, 0) is 11.2 Å². The number of nitrogens with one attached hydrogen (secondary N) is 1. The van der Waals surface area contributed by atoms with Gasteiger partial charge in [0.1, 0.15) is 10.2 Å². The third kappa shape index (κ3) is 5.77. The Morgan fingerprint density at radius 1 is 1.45 bits per heavy atom. The number of amides is 1. The number of nitrogens with zero attached hydrogens (tertiary/aromatic N) is 1. The van der Waals surface area contributed by atoms with Crippen molar-refractivity contribution in [2.75, 3.05) is 7.11 Å². The van der Waals surface area contributed by atoms with Crippen LogP contribution in [0.4, 0.5) is 4.79 Å². The number of carbonyl (C=O) groups excluding carboxylic acids is 1. The Bertz CT molecular complexity index is 472. The molecule has 1 rings (SSSR count). The Balaban J connectivity index is 2.58. The molecule has 1 heterocycles. The van der Waals surface area contributed by atoms with Crippen molar-refractivity contribution in [1.82, 2.24) is 10.3 Å². The van der Waals surface area contributed by atoms with Gasteiger partial charge in [-0.15, -0.1) is 0 Å². The molecule has 0 fully saturated rings. The number of hydrogen-bond acceptors (Lipinski definition) is 4. The van der Waals surface area contributed by atoms with Gasteiger partial charge in [-0.25, -0.2) is 9.78 Å². The number of rotatable bonds is 4. The molecular formula is C14H21BrN2O3. The minimum absolute atomic E-state index is 0.0589. The van der Waals surface area contributed by atoms with E-state index < -0.39 is 11.7 Å². The molecule has 0 bridgehead atoms. The van der Waals surface area contributed by atoms with Crippen LogP contribution in [0.25, 0.3) is 0 Å². The SMILES string of the molecule is COc1ccc(CC(C)NC(=O)OC(C)(C)C)c(Br)n1. The topological polar surface area (TPSA) is 60.5 Å². The monoisotopic (exact) mass is 344 g/mol. The first-order chi connectivity index (χ1) is 9.21. The molecule has 1 amide bonds. The second-order valence-corrected chi connectivity index (χ2v) is 6.31. The molecule has 1 unspecified atom stereocenters. The summed E-state index contributed by atoms with van der Waals surface area (Å²) in [6.45, 7) is 7.42. The average Bonchev–Trinajstić information content (AvgIpc) is 2.28. The largest absolute Gasteiger partial charge is 0.481 e. The molecule has 1 atom stereocenters. The first-order valence-corrected chi connectivity index (χ1v) is 7.19. The maximum Gasteiger partial charge on any atom is 0.407 e. The Labute approximate surface area is 128 Å². The zero-order valence-corrected chi connectivity index (χ0v) is 14.1. The Morgan fingerprint density at radius 2 is 2.10 bits per heavy atom. The summed E-state index contributed by atoms with van der Waals surface area (Å²) in [6.07, 6.45) is 0.235. The first kappa shape index (κ1) is 16.8. The lowest BCUT2D eigenvalue weighted by Crippen LogP contribution is -2.38. The number of aromatic nitrogens is 1. The fourth-order valence-electron chi connectivity index (χ4n) is 1.60. The Kier molecular flexibility index (Phi) is 5.80. The van der Waals surface area contributed by atoms with Gasteiger partial charge in [0.2, 0.25) is 5.88 Å². The van der Waals surface area contributed by atoms with Gasteiger partial charge >= 0.3 is 6.09 Å². The maximum atomic E-state index is 11.7. The van der Waals surface area contributed by atoms with Crippen LogP contribution in [-0.4, -0.2) is 29.8 Å². The fraction of sp³-hybridized carbons (Fsp3) is 0.571. The molecule has 1 aromatic heterocycles. The summed E-state index contributed by atoms with van der Waals surface area (Å²) in [5, 5.41) is 2.80. The molecule has 0 aliphatic heterocycles. The zero-order chi connectivity index (χ0) is 15.3. The summed E-state index contributed by atoms with van der Waals surface area (Å²) in [4.78, 5) is 15.9. The van der Waals surface area contributed by atoms with Gasteiger partial charge in [0.15, 0.2) is 0 Å². The first-order valence-electron chi connectivity index (χ1n) is 6.40. The fourth-order valence-corrected chi connectivity index (χ4v) is 2.07. The molecule has 0 saturated carbocycles. The van der Waals surface area contributed by atoms with Gasteiger partial charge in [0.05, 0.1) is 7.11 Å². The minimum atomic E-state index is -0.494. The number of ether oxygens (including phenoxy) is 2. The van der Waals surface area contributed by atoms with Crippen LogP contribution >= 0.6 is 15.9 Å². The molecule has 0 aliphatic rings. The number of methoxy groups -OCH3 is 1. The number of pyridine rings is 1. The number of carbonyl (C=O) groups is 1. The van der Waals surface area contributed by atoms with E-state index in [9.17, 15) is 4.79 Å². The van der Waals surface area contributed by atoms with Crippen LogP contribution in [0.3, 0.4) is 0 Å². The Morgan fingerprint density at radius 3 is 2.60 bits per heavy atom. The van der Waals surface area contributed by atoms with E-state index in [1.165, 1.54) is 0 Å². The lowest BCUT2D eigenvalue weighted by Gasteiger charge is -2.22. The quantitative estimate of drug-likeness (QED) is 0.851. The molecule has 0 spiro atoms. The van der Waals surface area contributed by atoms with Crippen molar-refractivity contribution >= 4 is 22.0 Å². The van der Waals surface area contributed by atoms with Gasteiger partial charge in [-0.05, 0) is 55.6 Å². The van der Waals surface area contributed by atoms with Crippen LogP contribution in [0, 0.1) is 0 Å². The van der Waals surface area contributed by atoms with E-state index in [0.29, 0.717) is 12.3 Å². The van der Waals surface area contributed by atoms with E-state index in [1.54, 1.807) is 13.2 Å². The average molecular weight is 345 g/mol. The summed E-state index contributed by atoms with van der Waals surface area (Å²) in [5.41, 5.74) is 0.501. The van der Waals surface area contributed by atoms with E-state index in [-0.39, 0.29) is 6.04 Å². The highest BCUT2D eigenvalue weighted by Gasteiger charge is 2.18. The standard InChI is InChI=1S/C14H21BrN2O3/c1-9(16-13(18)20-14(2,3)4)8-10-6-7-11(19-5)17-12(10)15/h6-7,9H,8H2,1-5H3,(H,16,18). The molecule has 20 heavy (non-hydrogen) atoms. The predicted octanol–water partition coefficient (Wildman–Crippen LogP) is 3.31. The molecule has 1 aromatic rings. The van der Waals surface area contributed by atoms with E-state index in [2.05, 4.69) is 26.2 Å². The van der Waals surface area contributed by atoms with Crippen molar-refractivity contribution in [3.05, 3.63) is 22.3 Å². The van der Waals surface area contributed by atoms with Crippen molar-refractivity contribution in [1.29, 1.82) is 0 Å². The van der Waals surface area contributed by atoms with Crippen LogP contribution in [0.5, 0.6) is 5.88 Å². The lowest BCUT2D eigenvalue weighted by molar-refractivity contribution is 0.0508. The zero-order valence-electron chi connectivity index (χ0n) is 12.5. The summed E-state index contributed by atoms with van der Waals surface area (Å²) in [7, 11) is 1.57. The van der Waals surface area contributed by atoms with Crippen molar-refractivity contribution in [3.63, 3.8) is 0 Å². The van der Waals surface area contributed by atoms with Crippen molar-refractivity contribution in [2.45, 2.75) is 45.8 Å². The second-order valence-electron chi connectivity index (χ2n) is 5.55. The molecule has 6 heteroatoms. The van der Waals surface area contributed by atoms with Gasteiger partial charge in [-0.3, -0.25) is 0 Å². The van der Waals surface area contributed by atoms with Gasteiger partial charge < -0.3 is 14.8 Å². The lowest BCUT2D eigenvalue weighted by atomic mass is 10.1. The number of hydrogen-bond donors (Lipinski definition) is 1. The van der Waals surface area contributed by atoms with Gasteiger partial charge in [0.25, 0.3) is 0 Å². The third-order valence-electron chi connectivity index (χ3n) is 2.40. The summed E-state index contributed by atoms with van der Waals surface area (Å²) in [5.74, 6) is 0.549. The van der Waals surface area contributed by atoms with Gasteiger partial charge in [0, 0.05) is 12.1 Å². The molecule has 0 aliphatic carbocycles. The molecular weight excluding hydrogens is 324 g/mol. The van der Waals surface area contributed by atoms with Crippen molar-refractivity contribution < 1.29 is 14.3 Å². The highest BCUT2D eigenvalue weighted by atomic mass is 79.9. The molecule has 0 radical (unpaired) electrons. The van der Waals surface area contributed by atoms with Crippen LogP contribution in [0.15, 0.2) is 16.7 Å². The van der Waals surface area contributed by atoms with E-state index in [4.69, 9.17) is 9.47 Å². The molecule has 1 N–H and O–H groups in total. The van der Waals surface area contributed by atoms with E-state index in [0.717, 1.165) is 10.2 Å². The van der Waals surface area contributed by atoms with Crippen LogP contribution < -0.4 is 10.1 Å². The highest BCUT2D eigenvalue weighted by molar-refractivity contribution is 9.10. The third-order valence-corrected chi connectivity index (χ3v) is 3.09. The maximum absolute atomic E-state index is 11.7. The highest BCUT2D eigenvalue weighted by Crippen LogP contribution is 2.19. The van der Waals surface area contributed by atoms with Crippen molar-refractivity contribution in [3.8, 4) is 5.88 Å². The number of halogens is 1. The van der Waals surface area contributed by atoms with Gasteiger partial charge in [-0.2, -0.15) is 0 Å². The Hall–Kier alpha value is -1.30. The number of alkyl carbamates (subject to hydrolysis) is 1. The molecule has 112 valence electrons. The minimum Gasteiger partial charge on any atom is -0.481 e. The van der Waals surface area contributed by atoms with Gasteiger partial charge in [-0.1, -0.05) is 6.07 Å². The van der Waals surface area contributed by atoms with E-state index in [1.807, 2.05) is 33.8 Å². The van der Waals surface area contributed by atoms with Crippen LogP contribution in [0.1, 0.15) is 33.3 Å². The summed E-state index contributed by atoms with van der Waals surface area (Å²) < 4.78 is 11.0. The molecule has 5 nitrogen and oxygen atoms in total. The molecule has 0 aromatic carbocycles. The van der Waals surface area contributed by atoms with Crippen molar-refractivity contribution in [2.24, 2.45) is 0 Å². The smallest absolute Gasteiger partial charge is 0.407 e. The van der Waals surface area contributed by atoms with Crippen LogP contribution in [0.2, 0.25) is 0 Å². The normalized spacial score (nSPS) is 12.7. The predicted molar refractivity (Wildman–Crippen MR) is 81.0 cm³/mol. The second kappa shape index (κ2) is 6.92. The summed E-state index contributed by atoms with van der Waals surface area (Å²) in [6, 6.07) is 3.65.